The minimum atomic E-state index is -2.54. The normalized spacial score (nSPS) is 47.2. The number of aliphatic hydroxyl groups excluding tert-OH is 3. The zero-order valence-corrected chi connectivity index (χ0v) is 37.8. The Hall–Kier alpha value is -0.833. The highest BCUT2D eigenvalue weighted by Crippen LogP contribution is 2.40. The van der Waals surface area contributed by atoms with Crippen LogP contribution in [0.5, 0.6) is 0 Å². The van der Waals surface area contributed by atoms with Gasteiger partial charge in [0.25, 0.3) is 0 Å². The number of cyclic esters (lactones) is 1. The molecule has 16 heteroatoms. The summed E-state index contributed by atoms with van der Waals surface area (Å²) in [5.74, 6) is -2.71. The Balaban J connectivity index is 2.18. The van der Waals surface area contributed by atoms with E-state index in [1.165, 1.54) is 14.0 Å². The average Bonchev–Trinajstić information content (AvgIpc) is 3.08. The van der Waals surface area contributed by atoms with Gasteiger partial charge >= 0.3 is 5.97 Å². The first-order chi connectivity index (χ1) is 25.6. The van der Waals surface area contributed by atoms with Gasteiger partial charge in [-0.1, -0.05) is 20.8 Å². The van der Waals surface area contributed by atoms with E-state index in [-0.39, 0.29) is 31.3 Å². The molecule has 3 heterocycles. The van der Waals surface area contributed by atoms with Gasteiger partial charge in [0.05, 0.1) is 41.5 Å². The molecule has 330 valence electrons. The molecule has 0 unspecified atom stereocenters. The van der Waals surface area contributed by atoms with Crippen LogP contribution in [0.4, 0.5) is 0 Å². The van der Waals surface area contributed by atoms with Crippen LogP contribution in [0.3, 0.4) is 0 Å². The van der Waals surface area contributed by atoms with E-state index in [1.807, 2.05) is 50.8 Å². The molecule has 0 aromatic rings. The van der Waals surface area contributed by atoms with Crippen LogP contribution in [0.25, 0.3) is 0 Å². The first-order valence-electron chi connectivity index (χ1n) is 20.6. The molecule has 3 saturated heterocycles. The van der Waals surface area contributed by atoms with Crippen LogP contribution in [-0.4, -0.2) is 179 Å². The van der Waals surface area contributed by atoms with Crippen molar-refractivity contribution in [3.63, 3.8) is 0 Å². The Labute approximate surface area is 337 Å². The first kappa shape index (κ1) is 49.5. The average molecular weight is 823 g/mol. The summed E-state index contributed by atoms with van der Waals surface area (Å²) in [6.07, 6.45) is -8.40. The lowest BCUT2D eigenvalue weighted by atomic mass is 9.77. The van der Waals surface area contributed by atoms with Crippen molar-refractivity contribution >= 4 is 14.3 Å². The van der Waals surface area contributed by atoms with Gasteiger partial charge < -0.3 is 68.5 Å². The van der Waals surface area contributed by atoms with Crippen LogP contribution in [0.2, 0.25) is 13.1 Å². The van der Waals surface area contributed by atoms with E-state index in [0.29, 0.717) is 19.1 Å². The Morgan fingerprint density at radius 3 is 2.12 bits per heavy atom. The summed E-state index contributed by atoms with van der Waals surface area (Å²) in [7, 11) is 2.65. The number of likely N-dealkylation sites (N-methyl/N-ethyl adjacent to an activating group) is 2. The lowest BCUT2D eigenvalue weighted by Gasteiger charge is -2.49. The minimum Gasteiger partial charge on any atom is -0.459 e. The van der Waals surface area contributed by atoms with Gasteiger partial charge in [0.1, 0.15) is 30.0 Å². The molecule has 3 fully saturated rings. The first-order valence-corrected chi connectivity index (χ1v) is 23.7. The van der Waals surface area contributed by atoms with Crippen LogP contribution in [0.15, 0.2) is 0 Å². The van der Waals surface area contributed by atoms with E-state index in [1.54, 1.807) is 48.5 Å². The van der Waals surface area contributed by atoms with Crippen molar-refractivity contribution in [3.05, 3.63) is 0 Å². The summed E-state index contributed by atoms with van der Waals surface area (Å²) in [5, 5.41) is 58.7. The number of hydrogen-bond acceptors (Lipinski definition) is 15. The molecule has 0 aliphatic carbocycles. The number of carbonyl (C=O) groups excluding carboxylic acids is 1. The van der Waals surface area contributed by atoms with Crippen molar-refractivity contribution in [2.45, 2.75) is 198 Å². The maximum Gasteiger partial charge on any atom is 0.311 e. The summed E-state index contributed by atoms with van der Waals surface area (Å²) >= 11 is 0. The number of aliphatic hydroxyl groups is 5. The highest BCUT2D eigenvalue weighted by molar-refractivity contribution is 6.69. The molecule has 3 rings (SSSR count). The zero-order valence-electron chi connectivity index (χ0n) is 36.8. The van der Waals surface area contributed by atoms with Crippen molar-refractivity contribution in [1.29, 1.82) is 0 Å². The van der Waals surface area contributed by atoms with Gasteiger partial charge in [0.15, 0.2) is 20.9 Å². The highest BCUT2D eigenvalue weighted by atomic mass is 28.4. The van der Waals surface area contributed by atoms with Gasteiger partial charge in [-0.25, -0.2) is 0 Å². The Kier molecular flexibility index (Phi) is 17.0. The molecule has 0 radical (unpaired) electrons. The molecule has 0 saturated carbocycles. The Bertz CT molecular complexity index is 1260. The number of nitrogens with zero attached hydrogens (tertiary/aromatic N) is 2. The number of rotatable bonds is 9. The molecule has 6 N–H and O–H groups in total. The fraction of sp³-hybridized carbons (Fsp3) is 0.975. The van der Waals surface area contributed by atoms with Gasteiger partial charge in [0.2, 0.25) is 0 Å². The van der Waals surface area contributed by atoms with E-state index in [2.05, 4.69) is 0 Å². The largest absolute Gasteiger partial charge is 0.459 e. The second-order valence-corrected chi connectivity index (χ2v) is 22.9. The Morgan fingerprint density at radius 1 is 0.964 bits per heavy atom. The van der Waals surface area contributed by atoms with Crippen molar-refractivity contribution in [3.8, 4) is 0 Å². The Morgan fingerprint density at radius 2 is 1.57 bits per heavy atom. The summed E-state index contributed by atoms with van der Waals surface area (Å²) in [5.41, 5.74) is -4.46. The standard InChI is InChI=1S/C40H78N2O13Si/c1-16-29-40(10,48)33(44)26(6)41(11)20-22(2)18-38(8,47)35(55-37-31(43)28(17-23(3)51-37)42(12)21-56(14,15)49)24(4)32(25(5)36(46)53-29)54-30-19-39(9,50-13)34(45)27(7)52-30/h22-35,37,43-45,47-49H,16-21H2,1-15H3/t22-,23-,24+,25-,26-,27+,28+,29-,30+,31-,32+,33-,34+,35-,37+,38-,39-,40-/m1/s1. The second-order valence-electron chi connectivity index (χ2n) is 18.9. The lowest BCUT2D eigenvalue weighted by Crippen LogP contribution is -2.61. The lowest BCUT2D eigenvalue weighted by molar-refractivity contribution is -0.318. The maximum atomic E-state index is 14.3. The van der Waals surface area contributed by atoms with Crippen LogP contribution in [-0.2, 0) is 33.2 Å². The van der Waals surface area contributed by atoms with E-state index < -0.39 is 110 Å². The minimum absolute atomic E-state index is 0.113. The molecule has 0 bridgehead atoms. The number of hydrogen-bond donors (Lipinski definition) is 6. The van der Waals surface area contributed by atoms with Crippen molar-refractivity contribution in [2.24, 2.45) is 17.8 Å². The number of methoxy groups -OCH3 is 1. The number of ether oxygens (including phenoxy) is 6. The van der Waals surface area contributed by atoms with E-state index in [0.717, 1.165) is 0 Å². The molecule has 0 aromatic carbocycles. The predicted octanol–water partition coefficient (Wildman–Crippen LogP) is 2.01. The van der Waals surface area contributed by atoms with Crippen molar-refractivity contribution < 1.29 is 63.5 Å². The zero-order chi connectivity index (χ0) is 42.9. The van der Waals surface area contributed by atoms with Crippen LogP contribution < -0.4 is 0 Å². The van der Waals surface area contributed by atoms with Crippen LogP contribution in [0, 0.1) is 17.8 Å². The molecule has 56 heavy (non-hydrogen) atoms. The van der Waals surface area contributed by atoms with E-state index >= 15 is 0 Å². The third-order valence-electron chi connectivity index (χ3n) is 12.7. The van der Waals surface area contributed by atoms with Crippen LogP contribution in [0.1, 0.15) is 94.9 Å². The molecular formula is C40H78N2O13Si. The van der Waals surface area contributed by atoms with E-state index in [9.17, 15) is 35.1 Å². The summed E-state index contributed by atoms with van der Waals surface area (Å²) in [6, 6.07) is -0.973. The summed E-state index contributed by atoms with van der Waals surface area (Å²) < 4.78 is 37.8. The molecule has 0 amide bonds. The number of carbonyl (C=O) groups is 1. The maximum absolute atomic E-state index is 14.3. The molecule has 3 aliphatic rings. The third kappa shape index (κ3) is 11.7. The summed E-state index contributed by atoms with van der Waals surface area (Å²) in [4.78, 5) is 28.9. The molecule has 3 aliphatic heterocycles. The molecule has 15 nitrogen and oxygen atoms in total. The topological polar surface area (TPSA) is 200 Å². The van der Waals surface area contributed by atoms with Gasteiger partial charge in [-0.2, -0.15) is 0 Å². The highest BCUT2D eigenvalue weighted by Gasteiger charge is 2.53. The van der Waals surface area contributed by atoms with E-state index in [4.69, 9.17) is 28.4 Å². The van der Waals surface area contributed by atoms with Gasteiger partial charge in [-0.15, -0.1) is 0 Å². The summed E-state index contributed by atoms with van der Waals surface area (Å²) in [6.45, 7) is 21.6. The van der Waals surface area contributed by atoms with Crippen molar-refractivity contribution in [2.75, 3.05) is 33.9 Å². The third-order valence-corrected chi connectivity index (χ3v) is 14.0. The molecule has 0 spiro atoms. The molecule has 18 atom stereocenters. The smallest absolute Gasteiger partial charge is 0.311 e. The quantitative estimate of drug-likeness (QED) is 0.146. The SMILES string of the molecule is CC[C@H]1OC(=O)[C@H](C)[C@@H](O[C@H]2C[C@@](C)(OC)[C@@H](O)[C@H](C)O2)[C@H](C)[C@@H](O[C@@H]2O[C@H](C)C[C@H](N(C)C[Si](C)(C)O)[C@H]2O)[C@](C)(O)C[C@@H](C)CN(C)[C@H](C)[C@@H](O)[C@]1(C)O. The fourth-order valence-corrected chi connectivity index (χ4v) is 10.8. The number of esters is 1. The van der Waals surface area contributed by atoms with Gasteiger partial charge in [-0.05, 0) is 101 Å². The second kappa shape index (κ2) is 19.3. The van der Waals surface area contributed by atoms with Gasteiger partial charge in [0, 0.05) is 44.2 Å². The molecule has 0 aromatic heterocycles. The molecular weight excluding hydrogens is 745 g/mol. The predicted molar refractivity (Wildman–Crippen MR) is 213 cm³/mol. The van der Waals surface area contributed by atoms with Gasteiger partial charge in [-0.3, -0.25) is 4.79 Å². The fourth-order valence-electron chi connectivity index (χ4n) is 9.39. The van der Waals surface area contributed by atoms with Crippen molar-refractivity contribution in [1.82, 2.24) is 9.80 Å². The van der Waals surface area contributed by atoms with Crippen LogP contribution >= 0.6 is 0 Å². The monoisotopic (exact) mass is 823 g/mol.